The van der Waals surface area contributed by atoms with Crippen molar-refractivity contribution in [1.82, 2.24) is 4.90 Å². The standard InChI is InChI=1S/C26H32N2O4/c1-17-6-8-21(18(2)13-17)27-24(29)15-28-12-11-26(30)10-4-3-5-20(26)25(28)19-7-9-22-23(14-19)32-16-31-22/h6-9,13-14,20,25,30H,3-5,10-12,15-16H2,1-2H3,(H,27,29)/t20-,25-,26-/m1/s1. The van der Waals surface area contributed by atoms with Crippen LogP contribution in [0, 0.1) is 19.8 Å². The van der Waals surface area contributed by atoms with Gasteiger partial charge in [-0.2, -0.15) is 0 Å². The molecule has 0 bridgehead atoms. The molecular weight excluding hydrogens is 404 g/mol. The highest BCUT2D eigenvalue weighted by Crippen LogP contribution is 2.50. The van der Waals surface area contributed by atoms with Gasteiger partial charge in [0.25, 0.3) is 0 Å². The third-order valence-corrected chi connectivity index (χ3v) is 7.41. The zero-order valence-electron chi connectivity index (χ0n) is 18.9. The van der Waals surface area contributed by atoms with Crippen LogP contribution in [0.2, 0.25) is 0 Å². The first-order chi connectivity index (χ1) is 15.4. The molecular formula is C26H32N2O4. The number of aliphatic hydroxyl groups is 1. The molecule has 3 atom stereocenters. The second-order valence-electron chi connectivity index (χ2n) is 9.60. The average molecular weight is 437 g/mol. The van der Waals surface area contributed by atoms with E-state index in [4.69, 9.17) is 9.47 Å². The monoisotopic (exact) mass is 436 g/mol. The number of benzene rings is 2. The lowest BCUT2D eigenvalue weighted by Crippen LogP contribution is -2.56. The minimum atomic E-state index is -0.667. The van der Waals surface area contributed by atoms with Gasteiger partial charge in [0.15, 0.2) is 11.5 Å². The van der Waals surface area contributed by atoms with Gasteiger partial charge in [-0.25, -0.2) is 0 Å². The summed E-state index contributed by atoms with van der Waals surface area (Å²) in [7, 11) is 0. The molecule has 1 saturated heterocycles. The van der Waals surface area contributed by atoms with Crippen LogP contribution in [0.25, 0.3) is 0 Å². The molecule has 6 nitrogen and oxygen atoms in total. The van der Waals surface area contributed by atoms with Crippen molar-refractivity contribution in [2.45, 2.75) is 57.6 Å². The Labute approximate surface area is 189 Å². The predicted molar refractivity (Wildman–Crippen MR) is 123 cm³/mol. The number of anilines is 1. The first kappa shape index (κ1) is 21.3. The van der Waals surface area contributed by atoms with Gasteiger partial charge >= 0.3 is 0 Å². The first-order valence-corrected chi connectivity index (χ1v) is 11.7. The first-order valence-electron chi connectivity index (χ1n) is 11.7. The number of likely N-dealkylation sites (tertiary alicyclic amines) is 1. The van der Waals surface area contributed by atoms with E-state index in [9.17, 15) is 9.90 Å². The minimum Gasteiger partial charge on any atom is -0.454 e. The number of ether oxygens (including phenoxy) is 2. The second-order valence-corrected chi connectivity index (χ2v) is 9.60. The van der Waals surface area contributed by atoms with Crippen LogP contribution >= 0.6 is 0 Å². The highest BCUT2D eigenvalue weighted by molar-refractivity contribution is 5.93. The van der Waals surface area contributed by atoms with E-state index < -0.39 is 5.60 Å². The van der Waals surface area contributed by atoms with Crippen LogP contribution in [0.4, 0.5) is 5.69 Å². The van der Waals surface area contributed by atoms with Crippen molar-refractivity contribution >= 4 is 11.6 Å². The zero-order chi connectivity index (χ0) is 22.3. The fourth-order valence-corrected chi connectivity index (χ4v) is 5.79. The topological polar surface area (TPSA) is 71.0 Å². The van der Waals surface area contributed by atoms with Crippen molar-refractivity contribution in [2.75, 3.05) is 25.2 Å². The van der Waals surface area contributed by atoms with Gasteiger partial charge in [0.2, 0.25) is 12.7 Å². The highest BCUT2D eigenvalue weighted by Gasteiger charge is 2.49. The van der Waals surface area contributed by atoms with Gasteiger partial charge in [0.05, 0.1) is 12.1 Å². The summed E-state index contributed by atoms with van der Waals surface area (Å²) < 4.78 is 11.1. The van der Waals surface area contributed by atoms with Crippen LogP contribution in [-0.2, 0) is 4.79 Å². The summed E-state index contributed by atoms with van der Waals surface area (Å²) in [5.74, 6) is 1.57. The molecule has 0 spiro atoms. The van der Waals surface area contributed by atoms with Gasteiger partial charge in [-0.05, 0) is 62.4 Å². The van der Waals surface area contributed by atoms with E-state index in [0.29, 0.717) is 19.5 Å². The Morgan fingerprint density at radius 1 is 1.12 bits per heavy atom. The molecule has 1 saturated carbocycles. The van der Waals surface area contributed by atoms with Gasteiger partial charge in [-0.3, -0.25) is 9.69 Å². The maximum atomic E-state index is 13.1. The van der Waals surface area contributed by atoms with Crippen LogP contribution in [0.3, 0.4) is 0 Å². The highest BCUT2D eigenvalue weighted by atomic mass is 16.7. The molecule has 32 heavy (non-hydrogen) atoms. The van der Waals surface area contributed by atoms with Crippen LogP contribution in [0.1, 0.15) is 54.8 Å². The summed E-state index contributed by atoms with van der Waals surface area (Å²) in [5, 5.41) is 14.6. The number of fused-ring (bicyclic) bond motifs is 2. The maximum absolute atomic E-state index is 13.1. The van der Waals surface area contributed by atoms with Crippen LogP contribution < -0.4 is 14.8 Å². The molecule has 5 rings (SSSR count). The van der Waals surface area contributed by atoms with Crippen molar-refractivity contribution in [3.05, 3.63) is 53.1 Å². The normalized spacial score (nSPS) is 27.1. The van der Waals surface area contributed by atoms with Gasteiger partial charge in [-0.1, -0.05) is 36.6 Å². The molecule has 2 N–H and O–H groups in total. The van der Waals surface area contributed by atoms with E-state index in [-0.39, 0.29) is 24.7 Å². The lowest BCUT2D eigenvalue weighted by atomic mass is 9.66. The Bertz CT molecular complexity index is 1020. The molecule has 1 aliphatic carbocycles. The van der Waals surface area contributed by atoms with E-state index in [1.54, 1.807) is 0 Å². The number of amides is 1. The molecule has 0 unspecified atom stereocenters. The summed E-state index contributed by atoms with van der Waals surface area (Å²) in [4.78, 5) is 15.3. The summed E-state index contributed by atoms with van der Waals surface area (Å²) in [6.45, 7) is 5.28. The van der Waals surface area contributed by atoms with Gasteiger partial charge in [-0.15, -0.1) is 0 Å². The predicted octanol–water partition coefficient (Wildman–Crippen LogP) is 4.34. The lowest BCUT2D eigenvalue weighted by Gasteiger charge is -2.52. The number of hydrogen-bond donors (Lipinski definition) is 2. The van der Waals surface area contributed by atoms with E-state index in [0.717, 1.165) is 54.0 Å². The number of nitrogens with one attached hydrogen (secondary N) is 1. The smallest absolute Gasteiger partial charge is 0.238 e. The number of piperidine rings is 1. The van der Waals surface area contributed by atoms with Gasteiger partial charge in [0.1, 0.15) is 0 Å². The fraction of sp³-hybridized carbons (Fsp3) is 0.500. The maximum Gasteiger partial charge on any atom is 0.238 e. The number of nitrogens with zero attached hydrogens (tertiary/aromatic N) is 1. The molecule has 2 aliphatic heterocycles. The number of carbonyl (C=O) groups is 1. The third kappa shape index (κ3) is 3.97. The Morgan fingerprint density at radius 2 is 1.97 bits per heavy atom. The van der Waals surface area contributed by atoms with E-state index in [2.05, 4.69) is 22.3 Å². The van der Waals surface area contributed by atoms with E-state index in [1.807, 2.05) is 38.1 Å². The van der Waals surface area contributed by atoms with Crippen molar-refractivity contribution in [3.63, 3.8) is 0 Å². The van der Waals surface area contributed by atoms with Crippen LogP contribution in [0.15, 0.2) is 36.4 Å². The molecule has 2 heterocycles. The molecule has 2 aromatic carbocycles. The Kier molecular flexibility index (Phi) is 5.59. The molecule has 0 radical (unpaired) electrons. The van der Waals surface area contributed by atoms with E-state index in [1.165, 1.54) is 5.56 Å². The molecule has 170 valence electrons. The summed E-state index contributed by atoms with van der Waals surface area (Å²) in [6.07, 6.45) is 4.67. The van der Waals surface area contributed by atoms with Crippen LogP contribution in [-0.4, -0.2) is 41.4 Å². The summed E-state index contributed by atoms with van der Waals surface area (Å²) in [5.41, 5.74) is 3.51. The summed E-state index contributed by atoms with van der Waals surface area (Å²) in [6, 6.07) is 12.1. The van der Waals surface area contributed by atoms with Crippen LogP contribution in [0.5, 0.6) is 11.5 Å². The van der Waals surface area contributed by atoms with Crippen molar-refractivity contribution in [3.8, 4) is 11.5 Å². The van der Waals surface area contributed by atoms with Gasteiger partial charge < -0.3 is 19.9 Å². The quantitative estimate of drug-likeness (QED) is 0.746. The fourth-order valence-electron chi connectivity index (χ4n) is 5.79. The number of aryl methyl sites for hydroxylation is 2. The molecule has 2 aromatic rings. The Morgan fingerprint density at radius 3 is 2.81 bits per heavy atom. The largest absolute Gasteiger partial charge is 0.454 e. The van der Waals surface area contributed by atoms with Gasteiger partial charge in [0, 0.05) is 24.2 Å². The lowest BCUT2D eigenvalue weighted by molar-refractivity contribution is -0.135. The SMILES string of the molecule is Cc1ccc(NC(=O)CN2CC[C@]3(O)CCCC[C@@H]3[C@H]2c2ccc3c(c2)OCO3)c(C)c1. The molecule has 2 fully saturated rings. The molecule has 0 aromatic heterocycles. The number of carbonyl (C=O) groups excluding carboxylic acids is 1. The number of rotatable bonds is 4. The van der Waals surface area contributed by atoms with Crippen molar-refractivity contribution in [2.24, 2.45) is 5.92 Å². The zero-order valence-corrected chi connectivity index (χ0v) is 18.9. The van der Waals surface area contributed by atoms with Crippen molar-refractivity contribution < 1.29 is 19.4 Å². The minimum absolute atomic E-state index is 0.0241. The second kappa shape index (κ2) is 8.41. The summed E-state index contributed by atoms with van der Waals surface area (Å²) >= 11 is 0. The Balaban J connectivity index is 1.41. The molecule has 1 amide bonds. The Hall–Kier alpha value is -2.57. The number of hydrogen-bond acceptors (Lipinski definition) is 5. The van der Waals surface area contributed by atoms with Crippen molar-refractivity contribution in [1.29, 1.82) is 0 Å². The third-order valence-electron chi connectivity index (χ3n) is 7.41. The molecule has 3 aliphatic rings. The molecule has 6 heteroatoms. The van der Waals surface area contributed by atoms with E-state index >= 15 is 0 Å². The average Bonchev–Trinajstić information content (AvgIpc) is 3.23.